The number of rotatable bonds is 5. The Morgan fingerprint density at radius 2 is 1.86 bits per heavy atom. The summed E-state index contributed by atoms with van der Waals surface area (Å²) in [4.78, 5) is 2.53. The van der Waals surface area contributed by atoms with Crippen LogP contribution in [-0.4, -0.2) is 42.2 Å². The van der Waals surface area contributed by atoms with Crippen molar-refractivity contribution in [3.63, 3.8) is 0 Å². The van der Waals surface area contributed by atoms with Crippen LogP contribution >= 0.6 is 35.6 Å². The molecule has 0 N–H and O–H groups in total. The minimum Gasteiger partial charge on any atom is -0.358 e. The van der Waals surface area contributed by atoms with E-state index in [1.54, 1.807) is 36.0 Å². The maximum atomic E-state index is 12.1. The van der Waals surface area contributed by atoms with Crippen molar-refractivity contribution in [3.05, 3.63) is 29.3 Å². The number of hydrogen-bond acceptors (Lipinski definition) is 4. The molecular formula is C14H18ClNO2S3. The molecule has 7 heteroatoms. The van der Waals surface area contributed by atoms with Gasteiger partial charge in [0.2, 0.25) is 0 Å². The number of thioether (sulfide) groups is 1. The number of sulfone groups is 1. The predicted molar refractivity (Wildman–Crippen MR) is 94.0 cm³/mol. The molecule has 1 aromatic carbocycles. The smallest absolute Gasteiger partial charge is 0.178 e. The molecule has 0 spiro atoms. The zero-order valence-corrected chi connectivity index (χ0v) is 14.8. The van der Waals surface area contributed by atoms with Crippen molar-refractivity contribution in [2.75, 3.05) is 24.6 Å². The summed E-state index contributed by atoms with van der Waals surface area (Å²) in [6.45, 7) is 2.07. The van der Waals surface area contributed by atoms with Gasteiger partial charge in [-0.05, 0) is 43.5 Å². The predicted octanol–water partition coefficient (Wildman–Crippen LogP) is 3.62. The Hall–Kier alpha value is -0.300. The molecular weight excluding hydrogens is 346 g/mol. The highest BCUT2D eigenvalue weighted by molar-refractivity contribution is 8.22. The van der Waals surface area contributed by atoms with Crippen LogP contribution in [0.5, 0.6) is 0 Å². The summed E-state index contributed by atoms with van der Waals surface area (Å²) in [7, 11) is -3.22. The number of hydrogen-bond donors (Lipinski definition) is 0. The summed E-state index contributed by atoms with van der Waals surface area (Å²) >= 11 is 12.7. The van der Waals surface area contributed by atoms with Crippen LogP contribution in [0.4, 0.5) is 0 Å². The first kappa shape index (κ1) is 17.1. The summed E-state index contributed by atoms with van der Waals surface area (Å²) in [6.07, 6.45) is 3.00. The minimum absolute atomic E-state index is 0.143. The quantitative estimate of drug-likeness (QED) is 0.590. The van der Waals surface area contributed by atoms with Crippen LogP contribution in [0.15, 0.2) is 29.2 Å². The van der Waals surface area contributed by atoms with Crippen molar-refractivity contribution in [2.45, 2.75) is 24.2 Å². The lowest BCUT2D eigenvalue weighted by atomic mass is 10.4. The zero-order chi connectivity index (χ0) is 15.3. The molecule has 0 radical (unpaired) electrons. The van der Waals surface area contributed by atoms with Gasteiger partial charge in [-0.3, -0.25) is 0 Å². The first-order valence-corrected chi connectivity index (χ1v) is 10.3. The average molecular weight is 364 g/mol. The van der Waals surface area contributed by atoms with Gasteiger partial charge in [0.25, 0.3) is 0 Å². The molecule has 2 rings (SSSR count). The van der Waals surface area contributed by atoms with Crippen LogP contribution in [0.1, 0.15) is 19.3 Å². The molecule has 0 bridgehead atoms. The van der Waals surface area contributed by atoms with Gasteiger partial charge in [-0.1, -0.05) is 35.6 Å². The fraction of sp³-hybridized carbons (Fsp3) is 0.500. The Kier molecular flexibility index (Phi) is 6.34. The van der Waals surface area contributed by atoms with E-state index in [9.17, 15) is 8.42 Å². The van der Waals surface area contributed by atoms with E-state index in [0.717, 1.165) is 23.2 Å². The van der Waals surface area contributed by atoms with Crippen LogP contribution in [0.2, 0.25) is 5.02 Å². The van der Waals surface area contributed by atoms with Crippen LogP contribution in [-0.2, 0) is 9.84 Å². The fourth-order valence-electron chi connectivity index (χ4n) is 2.16. The number of nitrogens with zero attached hydrogens (tertiary/aromatic N) is 1. The first-order chi connectivity index (χ1) is 9.99. The van der Waals surface area contributed by atoms with Gasteiger partial charge in [0.15, 0.2) is 9.84 Å². The SMILES string of the molecule is O=S(=O)(CCCSC(=S)N1CCCC1)c1ccc(Cl)cc1. The van der Waals surface area contributed by atoms with Gasteiger partial charge in [0, 0.05) is 23.9 Å². The van der Waals surface area contributed by atoms with E-state index < -0.39 is 9.84 Å². The van der Waals surface area contributed by atoms with E-state index in [1.807, 2.05) is 0 Å². The van der Waals surface area contributed by atoms with Gasteiger partial charge in [-0.15, -0.1) is 0 Å². The number of likely N-dealkylation sites (tertiary alicyclic amines) is 1. The van der Waals surface area contributed by atoms with E-state index in [0.29, 0.717) is 16.3 Å². The Morgan fingerprint density at radius 3 is 2.48 bits per heavy atom. The standard InChI is InChI=1S/C14H18ClNO2S3/c15-12-4-6-13(7-5-12)21(17,18)11-3-10-20-14(19)16-8-1-2-9-16/h4-7H,1-3,8-11H2. The second kappa shape index (κ2) is 7.81. The lowest BCUT2D eigenvalue weighted by molar-refractivity contribution is 0.539. The molecule has 0 unspecified atom stereocenters. The Bertz CT molecular complexity index is 581. The molecule has 0 saturated carbocycles. The Labute approximate surface area is 141 Å². The molecule has 1 aromatic rings. The summed E-state index contributed by atoms with van der Waals surface area (Å²) in [5, 5.41) is 0.542. The molecule has 116 valence electrons. The first-order valence-electron chi connectivity index (χ1n) is 6.89. The monoisotopic (exact) mass is 363 g/mol. The molecule has 0 aliphatic carbocycles. The van der Waals surface area contributed by atoms with Crippen LogP contribution in [0.3, 0.4) is 0 Å². The average Bonchev–Trinajstić information content (AvgIpc) is 2.98. The van der Waals surface area contributed by atoms with Crippen molar-refractivity contribution >= 4 is 49.7 Å². The third-order valence-corrected chi connectivity index (χ3v) is 7.00. The van der Waals surface area contributed by atoms with Crippen molar-refractivity contribution in [3.8, 4) is 0 Å². The molecule has 3 nitrogen and oxygen atoms in total. The number of thiocarbonyl (C=S) groups is 1. The minimum atomic E-state index is -3.22. The zero-order valence-electron chi connectivity index (χ0n) is 11.6. The maximum absolute atomic E-state index is 12.1. The molecule has 1 saturated heterocycles. The van der Waals surface area contributed by atoms with Crippen molar-refractivity contribution < 1.29 is 8.42 Å². The van der Waals surface area contributed by atoms with Gasteiger partial charge in [0.05, 0.1) is 10.6 Å². The Morgan fingerprint density at radius 1 is 1.24 bits per heavy atom. The van der Waals surface area contributed by atoms with Crippen LogP contribution in [0.25, 0.3) is 0 Å². The molecule has 1 aliphatic heterocycles. The largest absolute Gasteiger partial charge is 0.358 e. The molecule has 0 aromatic heterocycles. The molecule has 0 atom stereocenters. The van der Waals surface area contributed by atoms with Gasteiger partial charge in [0.1, 0.15) is 4.32 Å². The van der Waals surface area contributed by atoms with E-state index in [1.165, 1.54) is 12.8 Å². The molecule has 21 heavy (non-hydrogen) atoms. The van der Waals surface area contributed by atoms with Crippen molar-refractivity contribution in [2.24, 2.45) is 0 Å². The number of benzene rings is 1. The summed E-state index contributed by atoms with van der Waals surface area (Å²) in [5.74, 6) is 0.881. The topological polar surface area (TPSA) is 37.4 Å². The van der Waals surface area contributed by atoms with Crippen molar-refractivity contribution in [1.29, 1.82) is 0 Å². The van der Waals surface area contributed by atoms with Gasteiger partial charge >= 0.3 is 0 Å². The van der Waals surface area contributed by atoms with Crippen LogP contribution in [0, 0.1) is 0 Å². The highest BCUT2D eigenvalue weighted by Gasteiger charge is 2.16. The third-order valence-electron chi connectivity index (χ3n) is 3.32. The molecule has 1 heterocycles. The van der Waals surface area contributed by atoms with Gasteiger partial charge in [-0.25, -0.2) is 8.42 Å². The second-order valence-electron chi connectivity index (χ2n) is 4.93. The summed E-state index contributed by atoms with van der Waals surface area (Å²) in [5.41, 5.74) is 0. The summed E-state index contributed by atoms with van der Waals surface area (Å²) in [6, 6.07) is 6.32. The van der Waals surface area contributed by atoms with E-state index in [-0.39, 0.29) is 5.75 Å². The van der Waals surface area contributed by atoms with E-state index in [4.69, 9.17) is 23.8 Å². The lowest BCUT2D eigenvalue weighted by Crippen LogP contribution is -2.23. The van der Waals surface area contributed by atoms with E-state index in [2.05, 4.69) is 4.90 Å². The van der Waals surface area contributed by atoms with Crippen LogP contribution < -0.4 is 0 Å². The normalized spacial score (nSPS) is 15.4. The Balaban J connectivity index is 1.77. The lowest BCUT2D eigenvalue weighted by Gasteiger charge is -2.17. The highest BCUT2D eigenvalue weighted by Crippen LogP contribution is 2.19. The van der Waals surface area contributed by atoms with E-state index >= 15 is 0 Å². The summed E-state index contributed by atoms with van der Waals surface area (Å²) < 4.78 is 25.2. The van der Waals surface area contributed by atoms with Gasteiger partial charge < -0.3 is 4.90 Å². The molecule has 1 aliphatic rings. The van der Waals surface area contributed by atoms with Crippen molar-refractivity contribution in [1.82, 2.24) is 4.90 Å². The third kappa shape index (κ3) is 5.13. The molecule has 0 amide bonds. The van der Waals surface area contributed by atoms with Gasteiger partial charge in [-0.2, -0.15) is 0 Å². The molecule has 1 fully saturated rings. The fourth-order valence-corrected chi connectivity index (χ4v) is 5.04. The maximum Gasteiger partial charge on any atom is 0.178 e. The highest BCUT2D eigenvalue weighted by atomic mass is 35.5. The number of halogens is 1. The second-order valence-corrected chi connectivity index (χ2v) is 9.21.